The highest BCUT2D eigenvalue weighted by molar-refractivity contribution is 5.36. The first kappa shape index (κ1) is 13.8. The van der Waals surface area contributed by atoms with Gasteiger partial charge in [0.15, 0.2) is 0 Å². The van der Waals surface area contributed by atoms with Gasteiger partial charge in [0.1, 0.15) is 0 Å². The van der Waals surface area contributed by atoms with E-state index in [0.29, 0.717) is 5.92 Å². The minimum absolute atomic E-state index is 0.208. The van der Waals surface area contributed by atoms with E-state index in [-0.39, 0.29) is 12.6 Å². The fourth-order valence-electron chi connectivity index (χ4n) is 2.59. The number of aliphatic hydroxyl groups excluding tert-OH is 1. The van der Waals surface area contributed by atoms with Gasteiger partial charge >= 0.3 is 0 Å². The van der Waals surface area contributed by atoms with Gasteiger partial charge in [0.2, 0.25) is 0 Å². The van der Waals surface area contributed by atoms with Crippen molar-refractivity contribution in [2.75, 3.05) is 19.7 Å². The number of aliphatic hydroxyl groups is 1. The summed E-state index contributed by atoms with van der Waals surface area (Å²) in [5.74, 6) is 0.404. The molecule has 0 amide bonds. The standard InChI is InChI=1S/C17H21NO/c1-3-8-15(4-2)17(16-9-6-5-7-10-16)18-11-14(12-18)13-19/h3-10,14,17,19H,1-2,11-13H2/b15-8+. The molecule has 0 aromatic heterocycles. The van der Waals surface area contributed by atoms with Crippen molar-refractivity contribution in [1.82, 2.24) is 4.90 Å². The highest BCUT2D eigenvalue weighted by atomic mass is 16.3. The van der Waals surface area contributed by atoms with Crippen LogP contribution < -0.4 is 0 Å². The number of hydrogen-bond donors (Lipinski definition) is 1. The smallest absolute Gasteiger partial charge is 0.0601 e. The van der Waals surface area contributed by atoms with Crippen molar-refractivity contribution in [1.29, 1.82) is 0 Å². The summed E-state index contributed by atoms with van der Waals surface area (Å²) < 4.78 is 0. The van der Waals surface area contributed by atoms with Crippen molar-refractivity contribution in [2.45, 2.75) is 6.04 Å². The zero-order valence-corrected chi connectivity index (χ0v) is 11.2. The summed E-state index contributed by atoms with van der Waals surface area (Å²) >= 11 is 0. The molecule has 2 rings (SSSR count). The Bertz CT molecular complexity index is 457. The number of allylic oxidation sites excluding steroid dienone is 2. The first-order valence-corrected chi connectivity index (χ1v) is 6.65. The lowest BCUT2D eigenvalue weighted by Gasteiger charge is -2.44. The second-order valence-corrected chi connectivity index (χ2v) is 4.92. The highest BCUT2D eigenvalue weighted by Crippen LogP contribution is 2.34. The normalized spacial score (nSPS) is 18.7. The van der Waals surface area contributed by atoms with Gasteiger partial charge in [-0.25, -0.2) is 0 Å². The van der Waals surface area contributed by atoms with Crippen LogP contribution in [0.3, 0.4) is 0 Å². The van der Waals surface area contributed by atoms with Gasteiger partial charge in [-0.1, -0.05) is 61.7 Å². The zero-order chi connectivity index (χ0) is 13.7. The van der Waals surface area contributed by atoms with Crippen molar-refractivity contribution in [3.8, 4) is 0 Å². The third-order valence-electron chi connectivity index (χ3n) is 3.59. The zero-order valence-electron chi connectivity index (χ0n) is 11.2. The largest absolute Gasteiger partial charge is 0.396 e. The predicted molar refractivity (Wildman–Crippen MR) is 79.8 cm³/mol. The average molecular weight is 255 g/mol. The number of rotatable bonds is 6. The molecule has 2 nitrogen and oxygen atoms in total. The van der Waals surface area contributed by atoms with E-state index < -0.39 is 0 Å². The Hall–Kier alpha value is -1.64. The molecule has 1 aromatic carbocycles. The lowest BCUT2D eigenvalue weighted by Crippen LogP contribution is -2.50. The first-order valence-electron chi connectivity index (χ1n) is 6.65. The molecule has 0 saturated carbocycles. The predicted octanol–water partition coefficient (Wildman–Crippen LogP) is 2.95. The summed E-state index contributed by atoms with van der Waals surface area (Å²) in [5.41, 5.74) is 2.41. The third kappa shape index (κ3) is 3.03. The van der Waals surface area contributed by atoms with Gasteiger partial charge in [-0.05, 0) is 11.1 Å². The maximum absolute atomic E-state index is 9.18. The molecule has 1 aromatic rings. The van der Waals surface area contributed by atoms with Crippen LogP contribution in [0.25, 0.3) is 0 Å². The summed E-state index contributed by atoms with van der Waals surface area (Å²) in [6.07, 6.45) is 5.71. The Morgan fingerprint density at radius 2 is 2.00 bits per heavy atom. The van der Waals surface area contributed by atoms with Crippen LogP contribution in [0.4, 0.5) is 0 Å². The Morgan fingerprint density at radius 3 is 2.53 bits per heavy atom. The molecule has 1 aliphatic rings. The lowest BCUT2D eigenvalue weighted by molar-refractivity contribution is 0.0308. The minimum atomic E-state index is 0.208. The van der Waals surface area contributed by atoms with Crippen LogP contribution in [-0.2, 0) is 0 Å². The van der Waals surface area contributed by atoms with E-state index >= 15 is 0 Å². The fourth-order valence-corrected chi connectivity index (χ4v) is 2.59. The quantitative estimate of drug-likeness (QED) is 0.790. The molecular weight excluding hydrogens is 234 g/mol. The molecule has 1 heterocycles. The summed E-state index contributed by atoms with van der Waals surface area (Å²) in [4.78, 5) is 2.37. The van der Waals surface area contributed by atoms with Crippen LogP contribution in [0.15, 0.2) is 67.3 Å². The minimum Gasteiger partial charge on any atom is -0.396 e. The summed E-state index contributed by atoms with van der Waals surface area (Å²) in [6, 6.07) is 10.6. The summed E-state index contributed by atoms with van der Waals surface area (Å²) in [5, 5.41) is 9.18. The molecule has 1 atom stereocenters. The Kier molecular flexibility index (Phi) is 4.72. The number of nitrogens with zero attached hydrogens (tertiary/aromatic N) is 1. The van der Waals surface area contributed by atoms with Crippen molar-refractivity contribution in [3.63, 3.8) is 0 Å². The maximum atomic E-state index is 9.18. The summed E-state index contributed by atoms with van der Waals surface area (Å²) in [6.45, 7) is 9.82. The van der Waals surface area contributed by atoms with Gasteiger partial charge < -0.3 is 5.11 Å². The van der Waals surface area contributed by atoms with E-state index in [1.807, 2.05) is 18.2 Å². The van der Waals surface area contributed by atoms with Gasteiger partial charge in [0.25, 0.3) is 0 Å². The molecule has 1 aliphatic heterocycles. The number of hydrogen-bond acceptors (Lipinski definition) is 2. The second kappa shape index (κ2) is 6.50. The Labute approximate surface area is 115 Å². The topological polar surface area (TPSA) is 23.5 Å². The van der Waals surface area contributed by atoms with E-state index in [0.717, 1.165) is 18.7 Å². The average Bonchev–Trinajstić information content (AvgIpc) is 2.41. The SMILES string of the molecule is C=C/C=C(\C=C)C(c1ccccc1)N1CC(CO)C1. The first-order chi connectivity index (χ1) is 9.30. The maximum Gasteiger partial charge on any atom is 0.0601 e. The van der Waals surface area contributed by atoms with Gasteiger partial charge in [-0.2, -0.15) is 0 Å². The van der Waals surface area contributed by atoms with Crippen LogP contribution in [0.5, 0.6) is 0 Å². The molecular formula is C17H21NO. The molecule has 0 radical (unpaired) electrons. The van der Waals surface area contributed by atoms with E-state index in [4.69, 9.17) is 0 Å². The van der Waals surface area contributed by atoms with Crippen molar-refractivity contribution >= 4 is 0 Å². The van der Waals surface area contributed by atoms with Crippen LogP contribution in [-0.4, -0.2) is 29.7 Å². The van der Waals surface area contributed by atoms with Gasteiger partial charge in [-0.3, -0.25) is 4.90 Å². The molecule has 0 spiro atoms. The molecule has 1 fully saturated rings. The number of likely N-dealkylation sites (tertiary alicyclic amines) is 1. The fraction of sp³-hybridized carbons (Fsp3) is 0.294. The molecule has 19 heavy (non-hydrogen) atoms. The van der Waals surface area contributed by atoms with Crippen molar-refractivity contribution < 1.29 is 5.11 Å². The molecule has 2 heteroatoms. The van der Waals surface area contributed by atoms with Crippen LogP contribution >= 0.6 is 0 Å². The molecule has 0 bridgehead atoms. The molecule has 100 valence electrons. The van der Waals surface area contributed by atoms with Crippen molar-refractivity contribution in [3.05, 3.63) is 72.9 Å². The molecule has 1 N–H and O–H groups in total. The van der Waals surface area contributed by atoms with E-state index in [1.165, 1.54) is 5.56 Å². The van der Waals surface area contributed by atoms with Crippen LogP contribution in [0.1, 0.15) is 11.6 Å². The Morgan fingerprint density at radius 1 is 1.32 bits per heavy atom. The molecule has 1 saturated heterocycles. The van der Waals surface area contributed by atoms with Gasteiger partial charge in [0.05, 0.1) is 6.04 Å². The Balaban J connectivity index is 2.26. The number of benzene rings is 1. The van der Waals surface area contributed by atoms with Gasteiger partial charge in [0, 0.05) is 25.6 Å². The summed E-state index contributed by atoms with van der Waals surface area (Å²) in [7, 11) is 0. The van der Waals surface area contributed by atoms with E-state index in [2.05, 4.69) is 42.3 Å². The van der Waals surface area contributed by atoms with Crippen molar-refractivity contribution in [2.24, 2.45) is 5.92 Å². The third-order valence-corrected chi connectivity index (χ3v) is 3.59. The second-order valence-electron chi connectivity index (χ2n) is 4.92. The molecule has 0 aliphatic carbocycles. The van der Waals surface area contributed by atoms with Crippen LogP contribution in [0.2, 0.25) is 0 Å². The van der Waals surface area contributed by atoms with Crippen LogP contribution in [0, 0.1) is 5.92 Å². The van der Waals surface area contributed by atoms with E-state index in [9.17, 15) is 5.11 Å². The van der Waals surface area contributed by atoms with Gasteiger partial charge in [-0.15, -0.1) is 0 Å². The van der Waals surface area contributed by atoms with E-state index in [1.54, 1.807) is 6.08 Å². The monoisotopic (exact) mass is 255 g/mol. The molecule has 1 unspecified atom stereocenters. The highest BCUT2D eigenvalue weighted by Gasteiger charge is 2.33. The lowest BCUT2D eigenvalue weighted by atomic mass is 9.90.